The van der Waals surface area contributed by atoms with Gasteiger partial charge >= 0.3 is 11.6 Å². The van der Waals surface area contributed by atoms with Crippen molar-refractivity contribution in [2.24, 2.45) is 0 Å². The van der Waals surface area contributed by atoms with Crippen LogP contribution in [0, 0.1) is 10.1 Å². The summed E-state index contributed by atoms with van der Waals surface area (Å²) in [5.74, 6) is -1.80. The van der Waals surface area contributed by atoms with Crippen molar-refractivity contribution in [1.82, 2.24) is 0 Å². The Hall–Kier alpha value is -3.81. The molecule has 0 spiro atoms. The number of fused-ring (bicyclic) bond motifs is 1. The van der Waals surface area contributed by atoms with Crippen molar-refractivity contribution in [2.75, 3.05) is 0 Å². The minimum Gasteiger partial charge on any atom is -0.425 e. The monoisotopic (exact) mass is 395 g/mol. The van der Waals surface area contributed by atoms with E-state index in [4.69, 9.17) is 9.15 Å². The largest absolute Gasteiger partial charge is 0.425 e. The molecule has 8 heteroatoms. The molecule has 2 aromatic carbocycles. The molecule has 8 nitrogen and oxygen atoms in total. The number of nitrogens with zero attached hydrogens (tertiary/aromatic N) is 1. The molecule has 1 heterocycles. The molecule has 0 amide bonds. The summed E-state index contributed by atoms with van der Waals surface area (Å²) in [4.78, 5) is 47.1. The van der Waals surface area contributed by atoms with Gasteiger partial charge in [-0.1, -0.05) is 24.3 Å². The number of para-hydroxylation sites is 1. The molecule has 3 rings (SSSR count). The van der Waals surface area contributed by atoms with Gasteiger partial charge < -0.3 is 9.15 Å². The third-order valence-corrected chi connectivity index (χ3v) is 4.37. The number of nitro groups is 1. The van der Waals surface area contributed by atoms with Gasteiger partial charge in [-0.05, 0) is 24.6 Å². The Bertz CT molecular complexity index is 1180. The normalized spacial score (nSPS) is 11.8. The van der Waals surface area contributed by atoms with E-state index in [1.165, 1.54) is 32.0 Å². The van der Waals surface area contributed by atoms with E-state index in [0.717, 1.165) is 0 Å². The topological polar surface area (TPSA) is 117 Å². The van der Waals surface area contributed by atoms with Gasteiger partial charge in [0.05, 0.1) is 15.9 Å². The number of ketones is 1. The van der Waals surface area contributed by atoms with Crippen molar-refractivity contribution in [2.45, 2.75) is 26.2 Å². The molecule has 0 fully saturated rings. The zero-order valence-electron chi connectivity index (χ0n) is 15.7. The molecule has 0 unspecified atom stereocenters. The lowest BCUT2D eigenvalue weighted by molar-refractivity contribution is -0.384. The average Bonchev–Trinajstić information content (AvgIpc) is 2.66. The van der Waals surface area contributed by atoms with Crippen LogP contribution in [-0.4, -0.2) is 16.7 Å². The highest BCUT2D eigenvalue weighted by molar-refractivity contribution is 5.88. The van der Waals surface area contributed by atoms with Gasteiger partial charge in [-0.2, -0.15) is 0 Å². The van der Waals surface area contributed by atoms with Gasteiger partial charge in [0.15, 0.2) is 5.75 Å². The van der Waals surface area contributed by atoms with Gasteiger partial charge in [0.1, 0.15) is 11.4 Å². The second kappa shape index (κ2) is 8.05. The zero-order valence-corrected chi connectivity index (χ0v) is 15.7. The fraction of sp³-hybridized carbons (Fsp3) is 0.190. The average molecular weight is 395 g/mol. The Kier molecular flexibility index (Phi) is 5.54. The van der Waals surface area contributed by atoms with E-state index in [1.54, 1.807) is 30.3 Å². The fourth-order valence-electron chi connectivity index (χ4n) is 3.22. The van der Waals surface area contributed by atoms with Crippen LogP contribution in [0.1, 0.15) is 37.3 Å². The number of rotatable bonds is 6. The molecule has 0 N–H and O–H groups in total. The number of esters is 1. The van der Waals surface area contributed by atoms with Crippen molar-refractivity contribution < 1.29 is 23.7 Å². The van der Waals surface area contributed by atoms with E-state index >= 15 is 0 Å². The Morgan fingerprint density at radius 3 is 2.52 bits per heavy atom. The van der Waals surface area contributed by atoms with Crippen LogP contribution in [0.5, 0.6) is 5.75 Å². The molecule has 0 bridgehead atoms. The number of non-ortho nitro benzene ring substituents is 1. The highest BCUT2D eigenvalue weighted by Gasteiger charge is 2.28. The first-order valence-corrected chi connectivity index (χ1v) is 8.76. The van der Waals surface area contributed by atoms with Crippen molar-refractivity contribution in [3.8, 4) is 5.75 Å². The maximum absolute atomic E-state index is 12.8. The number of benzene rings is 2. The third kappa shape index (κ3) is 4.21. The van der Waals surface area contributed by atoms with Crippen molar-refractivity contribution in [1.29, 1.82) is 0 Å². The molecule has 0 saturated carbocycles. The second-order valence-electron chi connectivity index (χ2n) is 6.53. The van der Waals surface area contributed by atoms with E-state index < -0.39 is 22.4 Å². The number of Topliss-reactive ketones (excluding diaryl/α,β-unsaturated/α-hetero) is 1. The van der Waals surface area contributed by atoms with Crippen molar-refractivity contribution in [3.05, 3.63) is 80.2 Å². The van der Waals surface area contributed by atoms with E-state index in [-0.39, 0.29) is 34.8 Å². The van der Waals surface area contributed by atoms with Gasteiger partial charge in [0, 0.05) is 31.4 Å². The lowest BCUT2D eigenvalue weighted by Crippen LogP contribution is -2.19. The van der Waals surface area contributed by atoms with Crippen LogP contribution in [0.3, 0.4) is 0 Å². The standard InChI is InChI=1S/C21H17NO7/c1-12(23)10-17(14-6-5-7-15(11-14)22(26)27)19-20(28-13(2)24)16-8-3-4-9-18(16)29-21(19)25/h3-9,11,17H,10H2,1-2H3/t17-/m0/s1. The molecule has 148 valence electrons. The molecule has 29 heavy (non-hydrogen) atoms. The molecule has 0 radical (unpaired) electrons. The first-order chi connectivity index (χ1) is 13.8. The summed E-state index contributed by atoms with van der Waals surface area (Å²) in [6, 6.07) is 12.2. The number of nitro benzene ring substituents is 1. The Balaban J connectivity index is 2.33. The van der Waals surface area contributed by atoms with Crippen molar-refractivity contribution >= 4 is 28.4 Å². The van der Waals surface area contributed by atoms with Gasteiger partial charge in [-0.25, -0.2) is 4.79 Å². The van der Waals surface area contributed by atoms with Gasteiger partial charge in [0.2, 0.25) is 0 Å². The van der Waals surface area contributed by atoms with Gasteiger partial charge in [0.25, 0.3) is 5.69 Å². The minimum absolute atomic E-state index is 0.0119. The summed E-state index contributed by atoms with van der Waals surface area (Å²) in [5.41, 5.74) is -0.411. The van der Waals surface area contributed by atoms with Gasteiger partial charge in [-0.3, -0.25) is 19.7 Å². The maximum atomic E-state index is 12.8. The summed E-state index contributed by atoms with van der Waals surface area (Å²) in [6.07, 6.45) is -0.126. The SMILES string of the molecule is CC(=O)C[C@@H](c1cccc([N+](=O)[O-])c1)c1c(OC(C)=O)c2ccccc2oc1=O. The molecule has 0 aliphatic rings. The molecule has 1 aromatic heterocycles. The molecular weight excluding hydrogens is 378 g/mol. The predicted molar refractivity (Wildman–Crippen MR) is 104 cm³/mol. The minimum atomic E-state index is -0.886. The van der Waals surface area contributed by atoms with E-state index in [2.05, 4.69) is 0 Å². The zero-order chi connectivity index (χ0) is 21.1. The summed E-state index contributed by atoms with van der Waals surface area (Å²) >= 11 is 0. The smallest absolute Gasteiger partial charge is 0.343 e. The molecule has 0 saturated heterocycles. The molecule has 3 aromatic rings. The summed E-state index contributed by atoms with van der Waals surface area (Å²) in [7, 11) is 0. The van der Waals surface area contributed by atoms with Gasteiger partial charge in [-0.15, -0.1) is 0 Å². The van der Waals surface area contributed by atoms with Crippen LogP contribution >= 0.6 is 0 Å². The van der Waals surface area contributed by atoms with E-state index in [1.807, 2.05) is 0 Å². The number of hydrogen-bond acceptors (Lipinski definition) is 7. The van der Waals surface area contributed by atoms with E-state index in [0.29, 0.717) is 10.9 Å². The quantitative estimate of drug-likeness (QED) is 0.270. The number of ether oxygens (including phenoxy) is 1. The second-order valence-corrected chi connectivity index (χ2v) is 6.53. The highest BCUT2D eigenvalue weighted by atomic mass is 16.6. The van der Waals surface area contributed by atoms with Crippen LogP contribution < -0.4 is 10.4 Å². The summed E-state index contributed by atoms with van der Waals surface area (Å²) < 4.78 is 10.7. The summed E-state index contributed by atoms with van der Waals surface area (Å²) in [5, 5.41) is 11.6. The Labute approximate surface area is 164 Å². The first-order valence-electron chi connectivity index (χ1n) is 8.76. The van der Waals surface area contributed by atoms with Crippen LogP contribution in [0.25, 0.3) is 11.0 Å². The first kappa shape index (κ1) is 19.9. The molecule has 1 atom stereocenters. The molecule has 0 aliphatic heterocycles. The lowest BCUT2D eigenvalue weighted by atomic mass is 9.86. The molecule has 0 aliphatic carbocycles. The van der Waals surface area contributed by atoms with Crippen molar-refractivity contribution in [3.63, 3.8) is 0 Å². The Morgan fingerprint density at radius 1 is 1.14 bits per heavy atom. The Morgan fingerprint density at radius 2 is 1.86 bits per heavy atom. The van der Waals surface area contributed by atoms with Crippen LogP contribution in [-0.2, 0) is 9.59 Å². The number of carbonyl (C=O) groups is 2. The summed E-state index contributed by atoms with van der Waals surface area (Å²) in [6.45, 7) is 2.54. The maximum Gasteiger partial charge on any atom is 0.343 e. The van der Waals surface area contributed by atoms with Crippen LogP contribution in [0.15, 0.2) is 57.7 Å². The highest BCUT2D eigenvalue weighted by Crippen LogP contribution is 2.38. The molecular formula is C21H17NO7. The fourth-order valence-corrected chi connectivity index (χ4v) is 3.22. The predicted octanol–water partition coefficient (Wildman–Crippen LogP) is 3.74. The van der Waals surface area contributed by atoms with Crippen LogP contribution in [0.4, 0.5) is 5.69 Å². The van der Waals surface area contributed by atoms with E-state index in [9.17, 15) is 24.5 Å². The van der Waals surface area contributed by atoms with Crippen LogP contribution in [0.2, 0.25) is 0 Å². The third-order valence-electron chi connectivity index (χ3n) is 4.37. The number of hydrogen-bond donors (Lipinski definition) is 0. The number of carbonyl (C=O) groups excluding carboxylic acids is 2. The lowest BCUT2D eigenvalue weighted by Gasteiger charge is -2.19.